The van der Waals surface area contributed by atoms with E-state index in [1.165, 1.54) is 0 Å². The molecule has 25 heavy (non-hydrogen) atoms. The zero-order valence-corrected chi connectivity index (χ0v) is 14.3. The molecular weight excluding hydrogens is 328 g/mol. The van der Waals surface area contributed by atoms with Gasteiger partial charge < -0.3 is 5.32 Å². The lowest BCUT2D eigenvalue weighted by molar-refractivity contribution is 0.0952. The largest absolute Gasteiger partial charge is 0.348 e. The maximum Gasteiger partial charge on any atom is 0.252 e. The second-order valence-corrected chi connectivity index (χ2v) is 6.53. The molecule has 0 fully saturated rings. The topological polar surface area (TPSA) is 42.0 Å². The highest BCUT2D eigenvalue weighted by Gasteiger charge is 2.13. The van der Waals surface area contributed by atoms with E-state index in [1.54, 1.807) is 11.3 Å². The Morgan fingerprint density at radius 1 is 1.00 bits per heavy atom. The fraction of sp³-hybridized carbons (Fsp3) is 0.0476. The van der Waals surface area contributed by atoms with E-state index >= 15 is 0 Å². The monoisotopic (exact) mass is 344 g/mol. The van der Waals surface area contributed by atoms with E-state index < -0.39 is 0 Å². The van der Waals surface area contributed by atoms with Crippen molar-refractivity contribution in [3.05, 3.63) is 88.6 Å². The Morgan fingerprint density at radius 2 is 1.80 bits per heavy atom. The van der Waals surface area contributed by atoms with Crippen molar-refractivity contribution in [1.29, 1.82) is 0 Å². The van der Waals surface area contributed by atoms with E-state index in [9.17, 15) is 4.79 Å². The molecule has 0 saturated carbocycles. The molecule has 0 aliphatic carbocycles. The van der Waals surface area contributed by atoms with Gasteiger partial charge in [0.15, 0.2) is 0 Å². The van der Waals surface area contributed by atoms with Crippen molar-refractivity contribution in [3.63, 3.8) is 0 Å². The summed E-state index contributed by atoms with van der Waals surface area (Å²) in [6.07, 6.45) is 0. The number of aromatic nitrogens is 1. The quantitative estimate of drug-likeness (QED) is 0.572. The van der Waals surface area contributed by atoms with Gasteiger partial charge in [-0.3, -0.25) is 4.79 Å². The van der Waals surface area contributed by atoms with Crippen molar-refractivity contribution < 1.29 is 4.79 Å². The fourth-order valence-electron chi connectivity index (χ4n) is 2.79. The van der Waals surface area contributed by atoms with Gasteiger partial charge in [0.05, 0.1) is 16.8 Å². The molecule has 0 aliphatic heterocycles. The zero-order valence-electron chi connectivity index (χ0n) is 13.5. The predicted octanol–water partition coefficient (Wildman–Crippen LogP) is 4.89. The van der Waals surface area contributed by atoms with Crippen LogP contribution in [0, 0.1) is 0 Å². The first kappa shape index (κ1) is 15.5. The van der Waals surface area contributed by atoms with Gasteiger partial charge in [-0.2, -0.15) is 11.3 Å². The summed E-state index contributed by atoms with van der Waals surface area (Å²) < 4.78 is 0. The van der Waals surface area contributed by atoms with E-state index in [2.05, 4.69) is 5.32 Å². The third-order valence-electron chi connectivity index (χ3n) is 4.07. The highest BCUT2D eigenvalue weighted by atomic mass is 32.1. The lowest BCUT2D eigenvalue weighted by Gasteiger charge is -2.10. The van der Waals surface area contributed by atoms with Crippen LogP contribution >= 0.6 is 11.3 Å². The third kappa shape index (κ3) is 3.30. The minimum absolute atomic E-state index is 0.0843. The van der Waals surface area contributed by atoms with E-state index in [-0.39, 0.29) is 5.91 Å². The maximum absolute atomic E-state index is 12.8. The predicted molar refractivity (Wildman–Crippen MR) is 103 cm³/mol. The molecule has 0 radical (unpaired) electrons. The van der Waals surface area contributed by atoms with Crippen molar-refractivity contribution in [2.75, 3.05) is 0 Å². The molecule has 0 atom stereocenters. The SMILES string of the molecule is O=C(NCc1ccccc1)c1cc(-c2ccsc2)nc2ccccc12. The summed E-state index contributed by atoms with van der Waals surface area (Å²) in [5, 5.41) is 7.94. The molecule has 0 aliphatic rings. The average Bonchev–Trinajstić information content (AvgIpc) is 3.21. The first-order chi connectivity index (χ1) is 12.3. The summed E-state index contributed by atoms with van der Waals surface area (Å²) >= 11 is 1.62. The Balaban J connectivity index is 1.71. The summed E-state index contributed by atoms with van der Waals surface area (Å²) in [7, 11) is 0. The van der Waals surface area contributed by atoms with Crippen LogP contribution in [0.15, 0.2) is 77.5 Å². The van der Waals surface area contributed by atoms with Gasteiger partial charge in [-0.1, -0.05) is 48.5 Å². The fourth-order valence-corrected chi connectivity index (χ4v) is 3.44. The molecule has 0 saturated heterocycles. The van der Waals surface area contributed by atoms with Crippen molar-refractivity contribution in [2.45, 2.75) is 6.54 Å². The van der Waals surface area contributed by atoms with Gasteiger partial charge >= 0.3 is 0 Å². The number of rotatable bonds is 4. The number of hydrogen-bond acceptors (Lipinski definition) is 3. The Kier molecular flexibility index (Phi) is 4.27. The Hall–Kier alpha value is -2.98. The third-order valence-corrected chi connectivity index (χ3v) is 4.76. The lowest BCUT2D eigenvalue weighted by atomic mass is 10.0. The highest BCUT2D eigenvalue weighted by molar-refractivity contribution is 7.08. The number of carbonyl (C=O) groups is 1. The standard InChI is InChI=1S/C21H16N2OS/c24-21(22-13-15-6-2-1-3-7-15)18-12-20(16-10-11-25-14-16)23-19-9-5-4-8-17(18)19/h1-12,14H,13H2,(H,22,24). The molecule has 1 N–H and O–H groups in total. The summed E-state index contributed by atoms with van der Waals surface area (Å²) in [6.45, 7) is 0.504. The molecule has 0 unspecified atom stereocenters. The van der Waals surface area contributed by atoms with Gasteiger partial charge in [0.1, 0.15) is 0 Å². The Morgan fingerprint density at radius 3 is 2.60 bits per heavy atom. The molecule has 4 heteroatoms. The number of thiophene rings is 1. The number of carbonyl (C=O) groups excluding carboxylic acids is 1. The van der Waals surface area contributed by atoms with Crippen molar-refractivity contribution in [1.82, 2.24) is 10.3 Å². The van der Waals surface area contributed by atoms with Gasteiger partial charge in [-0.05, 0) is 29.1 Å². The number of nitrogens with one attached hydrogen (secondary N) is 1. The molecule has 4 aromatic rings. The van der Waals surface area contributed by atoms with E-state index in [4.69, 9.17) is 4.98 Å². The number of nitrogens with zero attached hydrogens (tertiary/aromatic N) is 1. The van der Waals surface area contributed by atoms with Crippen LogP contribution < -0.4 is 5.32 Å². The molecule has 4 rings (SSSR count). The first-order valence-corrected chi connectivity index (χ1v) is 9.00. The minimum Gasteiger partial charge on any atom is -0.348 e. The number of fused-ring (bicyclic) bond motifs is 1. The maximum atomic E-state index is 12.8. The number of amides is 1. The number of benzene rings is 2. The van der Waals surface area contributed by atoms with Crippen LogP contribution in [0.5, 0.6) is 0 Å². The van der Waals surface area contributed by atoms with Gasteiger partial charge in [0.25, 0.3) is 5.91 Å². The second-order valence-electron chi connectivity index (χ2n) is 5.75. The van der Waals surface area contributed by atoms with Crippen LogP contribution in [0.3, 0.4) is 0 Å². The summed E-state index contributed by atoms with van der Waals surface area (Å²) in [4.78, 5) is 17.5. The average molecular weight is 344 g/mol. The second kappa shape index (κ2) is 6.87. The summed E-state index contributed by atoms with van der Waals surface area (Å²) in [5.74, 6) is -0.0843. The molecule has 2 aromatic heterocycles. The normalized spacial score (nSPS) is 10.7. The van der Waals surface area contributed by atoms with Crippen molar-refractivity contribution in [2.24, 2.45) is 0 Å². The smallest absolute Gasteiger partial charge is 0.252 e. The molecular formula is C21H16N2OS. The highest BCUT2D eigenvalue weighted by Crippen LogP contribution is 2.26. The van der Waals surface area contributed by atoms with E-state index in [0.29, 0.717) is 12.1 Å². The van der Waals surface area contributed by atoms with Crippen LogP contribution in [0.4, 0.5) is 0 Å². The van der Waals surface area contributed by atoms with Crippen LogP contribution in [-0.2, 0) is 6.54 Å². The first-order valence-electron chi connectivity index (χ1n) is 8.06. The number of hydrogen-bond donors (Lipinski definition) is 1. The molecule has 1 amide bonds. The molecule has 2 aromatic carbocycles. The zero-order chi connectivity index (χ0) is 17.1. The van der Waals surface area contributed by atoms with Crippen LogP contribution in [0.25, 0.3) is 22.2 Å². The Bertz CT molecular complexity index is 1010. The van der Waals surface area contributed by atoms with Gasteiger partial charge in [0, 0.05) is 22.9 Å². The molecule has 2 heterocycles. The van der Waals surface area contributed by atoms with Gasteiger partial charge in [-0.25, -0.2) is 4.98 Å². The molecule has 0 bridgehead atoms. The lowest BCUT2D eigenvalue weighted by Crippen LogP contribution is -2.23. The van der Waals surface area contributed by atoms with Crippen LogP contribution in [0.2, 0.25) is 0 Å². The van der Waals surface area contributed by atoms with Crippen LogP contribution in [-0.4, -0.2) is 10.9 Å². The van der Waals surface area contributed by atoms with Gasteiger partial charge in [-0.15, -0.1) is 0 Å². The molecule has 0 spiro atoms. The van der Waals surface area contributed by atoms with E-state index in [0.717, 1.165) is 27.7 Å². The van der Waals surface area contributed by atoms with Crippen LogP contribution in [0.1, 0.15) is 15.9 Å². The molecule has 122 valence electrons. The number of para-hydroxylation sites is 1. The van der Waals surface area contributed by atoms with Crippen molar-refractivity contribution >= 4 is 28.1 Å². The van der Waals surface area contributed by atoms with Gasteiger partial charge in [0.2, 0.25) is 0 Å². The Labute approximate surface area is 150 Å². The molecule has 3 nitrogen and oxygen atoms in total. The summed E-state index contributed by atoms with van der Waals surface area (Å²) in [5.41, 5.74) is 4.42. The summed E-state index contributed by atoms with van der Waals surface area (Å²) in [6, 6.07) is 21.6. The van der Waals surface area contributed by atoms with E-state index in [1.807, 2.05) is 77.5 Å². The number of pyridine rings is 1. The van der Waals surface area contributed by atoms with Crippen molar-refractivity contribution in [3.8, 4) is 11.3 Å². The minimum atomic E-state index is -0.0843.